The molecule has 0 unspecified atom stereocenters. The van der Waals surface area contributed by atoms with E-state index in [9.17, 15) is 23.2 Å². The number of aromatic nitrogens is 5. The Labute approximate surface area is 333 Å². The first-order valence-corrected chi connectivity index (χ1v) is 20.5. The Balaban J connectivity index is 1.03. The minimum absolute atomic E-state index is 0.0269. The molecule has 0 spiro atoms. The monoisotopic (exact) mass is 807 g/mol. The number of hydrogen-bond donors (Lipinski definition) is 5. The number of anilines is 4. The lowest BCUT2D eigenvalue weighted by atomic mass is 9.94. The summed E-state index contributed by atoms with van der Waals surface area (Å²) < 4.78 is 30.8. The molecule has 0 saturated heterocycles. The van der Waals surface area contributed by atoms with Crippen LogP contribution < -0.4 is 25.7 Å². The zero-order chi connectivity index (χ0) is 39.9. The Morgan fingerprint density at radius 2 is 1.82 bits per heavy atom. The molecule has 7 rings (SSSR count). The first-order chi connectivity index (χ1) is 27.6. The first kappa shape index (κ1) is 39.2. The van der Waals surface area contributed by atoms with Crippen LogP contribution in [0.4, 0.5) is 23.1 Å². The van der Waals surface area contributed by atoms with Crippen LogP contribution in [0.5, 0.6) is 0 Å². The van der Waals surface area contributed by atoms with Crippen molar-refractivity contribution in [3.63, 3.8) is 0 Å². The maximum Gasteiger partial charge on any atom is 0.283 e. The van der Waals surface area contributed by atoms with Crippen LogP contribution in [0.3, 0.4) is 0 Å². The number of amides is 2. The lowest BCUT2D eigenvalue weighted by Crippen LogP contribution is -2.34. The van der Waals surface area contributed by atoms with Gasteiger partial charge in [0.05, 0.1) is 12.4 Å². The number of sulfonamides is 1. The third kappa shape index (κ3) is 9.49. The summed E-state index contributed by atoms with van der Waals surface area (Å²) in [4.78, 5) is 48.9. The van der Waals surface area contributed by atoms with Crippen molar-refractivity contribution >= 4 is 62.4 Å². The Morgan fingerprint density at radius 1 is 1.00 bits per heavy atom. The molecule has 57 heavy (non-hydrogen) atoms. The zero-order valence-electron chi connectivity index (χ0n) is 31.2. The lowest BCUT2D eigenvalue weighted by Gasteiger charge is -2.31. The minimum Gasteiger partial charge on any atom is -0.365 e. The number of carbonyl (C=O) groups is 2. The number of rotatable bonds is 15. The van der Waals surface area contributed by atoms with Crippen LogP contribution in [-0.2, 0) is 23.0 Å². The van der Waals surface area contributed by atoms with E-state index in [2.05, 4.69) is 40.2 Å². The molecule has 0 radical (unpaired) electrons. The number of fused-ring (bicyclic) bond motifs is 2. The molecule has 0 aliphatic carbocycles. The van der Waals surface area contributed by atoms with E-state index in [1.54, 1.807) is 59.1 Å². The number of pyridine rings is 2. The fourth-order valence-electron chi connectivity index (χ4n) is 6.35. The smallest absolute Gasteiger partial charge is 0.283 e. The van der Waals surface area contributed by atoms with Gasteiger partial charge in [-0.3, -0.25) is 25.3 Å². The predicted octanol–water partition coefficient (Wildman–Crippen LogP) is 4.78. The normalized spacial score (nSPS) is 13.2. The molecule has 294 valence electrons. The van der Waals surface area contributed by atoms with Gasteiger partial charge in [-0.1, -0.05) is 36.4 Å². The van der Waals surface area contributed by atoms with Gasteiger partial charge in [0.15, 0.2) is 17.3 Å². The number of hydrogen-bond acceptors (Lipinski definition) is 14. The van der Waals surface area contributed by atoms with Crippen molar-refractivity contribution in [1.29, 1.82) is 0 Å². The molecule has 16 nitrogen and oxygen atoms in total. The maximum atomic E-state index is 13.5. The van der Waals surface area contributed by atoms with Crippen molar-refractivity contribution in [1.82, 2.24) is 34.0 Å². The van der Waals surface area contributed by atoms with Crippen LogP contribution in [0.2, 0.25) is 0 Å². The highest BCUT2D eigenvalue weighted by Gasteiger charge is 2.26. The fraction of sp³-hybridized carbons (Fsp3) is 0.231. The van der Waals surface area contributed by atoms with Crippen molar-refractivity contribution in [2.75, 3.05) is 54.0 Å². The highest BCUT2D eigenvalue weighted by Crippen LogP contribution is 2.28. The van der Waals surface area contributed by atoms with Crippen LogP contribution in [0.15, 0.2) is 114 Å². The fourth-order valence-corrected chi connectivity index (χ4v) is 8.27. The molecule has 4 aromatic heterocycles. The SMILES string of the molecule is CN(C)CC[C@H](CSc1ccccc1)Nc1ncc(S(=O)(=O)NC(=O)c2cccc(N3CCc4cccc(C(=O)Nc5cn6ccncc6n5)c4C3)n2)cc1NO. The molecule has 5 heterocycles. The summed E-state index contributed by atoms with van der Waals surface area (Å²) in [6.07, 6.45) is 9.17. The van der Waals surface area contributed by atoms with E-state index in [1.165, 1.54) is 12.1 Å². The number of thioether (sulfide) groups is 1. The number of imidazole rings is 1. The van der Waals surface area contributed by atoms with Gasteiger partial charge in [-0.15, -0.1) is 11.8 Å². The number of carbonyl (C=O) groups excluding carboxylic acids is 2. The van der Waals surface area contributed by atoms with Gasteiger partial charge in [0.2, 0.25) is 0 Å². The number of nitrogens with one attached hydrogen (secondary N) is 4. The van der Waals surface area contributed by atoms with Gasteiger partial charge < -0.3 is 24.8 Å². The summed E-state index contributed by atoms with van der Waals surface area (Å²) in [5.41, 5.74) is 4.85. The van der Waals surface area contributed by atoms with Crippen LogP contribution >= 0.6 is 11.8 Å². The van der Waals surface area contributed by atoms with Gasteiger partial charge in [0.1, 0.15) is 22.1 Å². The van der Waals surface area contributed by atoms with Gasteiger partial charge in [0.25, 0.3) is 21.8 Å². The number of nitrogens with zero attached hydrogens (tertiary/aromatic N) is 7. The Bertz CT molecular complexity index is 2470. The van der Waals surface area contributed by atoms with Crippen molar-refractivity contribution in [3.8, 4) is 0 Å². The van der Waals surface area contributed by atoms with Crippen LogP contribution in [-0.4, -0.2) is 93.7 Å². The average molecular weight is 808 g/mol. The Kier molecular flexibility index (Phi) is 11.9. The average Bonchev–Trinajstić information content (AvgIpc) is 3.64. The highest BCUT2D eigenvalue weighted by atomic mass is 32.2. The second-order valence-electron chi connectivity index (χ2n) is 13.6. The first-order valence-electron chi connectivity index (χ1n) is 18.1. The van der Waals surface area contributed by atoms with Gasteiger partial charge in [0, 0.05) is 53.9 Å². The molecule has 0 saturated carbocycles. The van der Waals surface area contributed by atoms with E-state index in [0.717, 1.165) is 35.2 Å². The summed E-state index contributed by atoms with van der Waals surface area (Å²) in [6.45, 7) is 1.67. The van der Waals surface area contributed by atoms with E-state index in [-0.39, 0.29) is 34.0 Å². The third-order valence-corrected chi connectivity index (χ3v) is 11.8. The highest BCUT2D eigenvalue weighted by molar-refractivity contribution is 7.99. The van der Waals surface area contributed by atoms with Crippen LogP contribution in [0.25, 0.3) is 5.65 Å². The van der Waals surface area contributed by atoms with Gasteiger partial charge >= 0.3 is 0 Å². The molecular formula is C39H41N11O5S2. The van der Waals surface area contributed by atoms with Crippen molar-refractivity contribution in [3.05, 3.63) is 126 Å². The predicted molar refractivity (Wildman–Crippen MR) is 218 cm³/mol. The van der Waals surface area contributed by atoms with Crippen LogP contribution in [0, 0.1) is 0 Å². The summed E-state index contributed by atoms with van der Waals surface area (Å²) in [7, 11) is -0.478. The van der Waals surface area contributed by atoms with Gasteiger partial charge in [-0.05, 0) is 81.0 Å². The molecule has 0 fully saturated rings. The number of benzene rings is 2. The molecule has 0 bridgehead atoms. The summed E-state index contributed by atoms with van der Waals surface area (Å²) in [5.74, 6) is 0.506. The second kappa shape index (κ2) is 17.4. The summed E-state index contributed by atoms with van der Waals surface area (Å²) >= 11 is 1.67. The third-order valence-electron chi connectivity index (χ3n) is 9.30. The topological polar surface area (TPSA) is 199 Å². The lowest BCUT2D eigenvalue weighted by molar-refractivity contribution is 0.0975. The van der Waals surface area contributed by atoms with Crippen molar-refractivity contribution in [2.45, 2.75) is 35.2 Å². The molecule has 1 aliphatic rings. The zero-order valence-corrected chi connectivity index (χ0v) is 32.8. The molecular weight excluding hydrogens is 767 g/mol. The van der Waals surface area contributed by atoms with Gasteiger partial charge in [-0.25, -0.2) is 28.1 Å². The standard InChI is InChI=1S/C39H41N11O5S2/c1-48(2)17-15-27(25-56-28-9-4-3-5-10-28)42-37-33(46-53)20-29(21-41-37)57(54,55)47-39(52)32-12-7-13-35(43-32)49-18-14-26-8-6-11-30(31(26)23-49)38(51)45-34-24-50-19-16-40-22-36(50)44-34/h3-13,16,19-22,24,27,46,53H,14-15,17-18,23,25H2,1-2H3,(H,41,42)(H,45,51)(H,47,52)/t27-/m1/s1. The molecule has 1 aliphatic heterocycles. The maximum absolute atomic E-state index is 13.5. The van der Waals surface area contributed by atoms with Crippen LogP contribution in [0.1, 0.15) is 38.4 Å². The van der Waals surface area contributed by atoms with E-state index in [4.69, 9.17) is 0 Å². The summed E-state index contributed by atoms with van der Waals surface area (Å²) in [6, 6.07) is 21.4. The molecule has 1 atom stereocenters. The Hall–Kier alpha value is -6.08. The largest absolute Gasteiger partial charge is 0.365 e. The quantitative estimate of drug-likeness (QED) is 0.0702. The summed E-state index contributed by atoms with van der Waals surface area (Å²) in [5, 5.41) is 16.2. The molecule has 5 N–H and O–H groups in total. The van der Waals surface area contributed by atoms with Crippen molar-refractivity contribution < 1.29 is 23.2 Å². The van der Waals surface area contributed by atoms with Crippen molar-refractivity contribution in [2.24, 2.45) is 0 Å². The minimum atomic E-state index is -4.44. The second-order valence-corrected chi connectivity index (χ2v) is 16.4. The van der Waals surface area contributed by atoms with Gasteiger partial charge in [-0.2, -0.15) is 0 Å². The van der Waals surface area contributed by atoms with E-state index in [0.29, 0.717) is 48.1 Å². The molecule has 6 aromatic rings. The van der Waals surface area contributed by atoms with E-state index < -0.39 is 15.9 Å². The van der Waals surface area contributed by atoms with E-state index in [1.807, 2.05) is 66.9 Å². The molecule has 2 aromatic carbocycles. The molecule has 2 amide bonds. The molecule has 18 heteroatoms. The van der Waals surface area contributed by atoms with E-state index >= 15 is 0 Å². The Morgan fingerprint density at radius 3 is 2.61 bits per heavy atom.